The van der Waals surface area contributed by atoms with E-state index in [2.05, 4.69) is 19.2 Å². The minimum absolute atomic E-state index is 0.132. The van der Waals surface area contributed by atoms with E-state index in [0.29, 0.717) is 17.2 Å². The molecule has 6 nitrogen and oxygen atoms in total. The summed E-state index contributed by atoms with van der Waals surface area (Å²) in [5, 5.41) is 3.16. The van der Waals surface area contributed by atoms with E-state index < -0.39 is 10.0 Å². The fraction of sp³-hybridized carbons (Fsp3) is 0.345. The Hall–Kier alpha value is -3.32. The number of hydrogen-bond donors (Lipinski definition) is 1. The second-order valence-corrected chi connectivity index (χ2v) is 11.5. The number of carbonyl (C=O) groups excluding carboxylic acids is 1. The maximum atomic E-state index is 13.1. The van der Waals surface area contributed by atoms with Crippen LogP contribution in [0.4, 0.5) is 5.69 Å². The molecule has 1 N–H and O–H groups in total. The van der Waals surface area contributed by atoms with Crippen molar-refractivity contribution in [2.75, 3.05) is 17.7 Å². The molecule has 1 atom stereocenters. The summed E-state index contributed by atoms with van der Waals surface area (Å²) in [7, 11) is -1.88. The third kappa shape index (κ3) is 6.88. The van der Waals surface area contributed by atoms with Crippen molar-refractivity contribution in [1.29, 1.82) is 0 Å². The highest BCUT2D eigenvalue weighted by molar-refractivity contribution is 7.92. The quantitative estimate of drug-likeness (QED) is 0.376. The van der Waals surface area contributed by atoms with Crippen LogP contribution in [0.15, 0.2) is 66.7 Å². The molecular formula is C29H36N2O4S. The highest BCUT2D eigenvalue weighted by atomic mass is 32.2. The summed E-state index contributed by atoms with van der Waals surface area (Å²) in [5.74, 6) is 0.998. The molecule has 1 amide bonds. The summed E-state index contributed by atoms with van der Waals surface area (Å²) >= 11 is 0. The van der Waals surface area contributed by atoms with Gasteiger partial charge in [0.05, 0.1) is 31.6 Å². The fourth-order valence-corrected chi connectivity index (χ4v) is 5.32. The maximum Gasteiger partial charge on any atom is 0.251 e. The number of nitrogens with zero attached hydrogens (tertiary/aromatic N) is 1. The third-order valence-electron chi connectivity index (χ3n) is 6.16. The predicted molar refractivity (Wildman–Crippen MR) is 146 cm³/mol. The van der Waals surface area contributed by atoms with Gasteiger partial charge in [0.2, 0.25) is 10.0 Å². The lowest BCUT2D eigenvalue weighted by molar-refractivity contribution is 0.0932. The summed E-state index contributed by atoms with van der Waals surface area (Å²) in [4.78, 5) is 13.1. The summed E-state index contributed by atoms with van der Waals surface area (Å²) in [6.07, 6.45) is 2.02. The fourth-order valence-electron chi connectivity index (χ4n) is 4.32. The van der Waals surface area contributed by atoms with Crippen LogP contribution in [0, 0.1) is 19.8 Å². The minimum atomic E-state index is -3.51. The van der Waals surface area contributed by atoms with Gasteiger partial charge in [0.25, 0.3) is 5.91 Å². The molecule has 0 aliphatic rings. The average Bonchev–Trinajstić information content (AvgIpc) is 2.82. The smallest absolute Gasteiger partial charge is 0.251 e. The van der Waals surface area contributed by atoms with Gasteiger partial charge in [-0.25, -0.2) is 8.42 Å². The molecule has 3 aromatic rings. The van der Waals surface area contributed by atoms with Crippen molar-refractivity contribution in [1.82, 2.24) is 5.32 Å². The van der Waals surface area contributed by atoms with E-state index in [4.69, 9.17) is 4.74 Å². The Morgan fingerprint density at radius 1 is 0.944 bits per heavy atom. The van der Waals surface area contributed by atoms with Crippen molar-refractivity contribution in [2.45, 2.75) is 46.7 Å². The van der Waals surface area contributed by atoms with Gasteiger partial charge >= 0.3 is 0 Å². The summed E-state index contributed by atoms with van der Waals surface area (Å²) in [6.45, 7) is 8.26. The molecule has 0 saturated heterocycles. The SMILES string of the molecule is COc1ccc(C(CC(C)C)NC(=O)c2ccc(CN(c3c(C)cccc3C)S(C)(=O)=O)cc2)cc1. The Morgan fingerprint density at radius 3 is 2.03 bits per heavy atom. The zero-order chi connectivity index (χ0) is 26.5. The predicted octanol–water partition coefficient (Wildman–Crippen LogP) is 5.80. The summed E-state index contributed by atoms with van der Waals surface area (Å²) < 4.78 is 32.0. The first-order valence-electron chi connectivity index (χ1n) is 12.1. The molecule has 0 bridgehead atoms. The van der Waals surface area contributed by atoms with Crippen LogP contribution < -0.4 is 14.4 Å². The number of anilines is 1. The van der Waals surface area contributed by atoms with Gasteiger partial charge in [0.1, 0.15) is 5.75 Å². The number of rotatable bonds is 10. The molecule has 0 heterocycles. The van der Waals surface area contributed by atoms with Gasteiger partial charge < -0.3 is 10.1 Å². The zero-order valence-corrected chi connectivity index (χ0v) is 22.7. The first-order valence-corrected chi connectivity index (χ1v) is 13.9. The van der Waals surface area contributed by atoms with E-state index in [9.17, 15) is 13.2 Å². The van der Waals surface area contributed by atoms with Crippen molar-refractivity contribution in [3.63, 3.8) is 0 Å². The highest BCUT2D eigenvalue weighted by Crippen LogP contribution is 2.29. The Labute approximate surface area is 215 Å². The van der Waals surface area contributed by atoms with E-state index in [1.807, 2.05) is 68.4 Å². The van der Waals surface area contributed by atoms with Crippen molar-refractivity contribution < 1.29 is 17.9 Å². The van der Waals surface area contributed by atoms with Crippen LogP contribution >= 0.6 is 0 Å². The largest absolute Gasteiger partial charge is 0.497 e. The molecule has 0 aliphatic heterocycles. The van der Waals surface area contributed by atoms with Crippen LogP contribution in [0.5, 0.6) is 5.75 Å². The van der Waals surface area contributed by atoms with Crippen LogP contribution in [0.25, 0.3) is 0 Å². The lowest BCUT2D eigenvalue weighted by atomic mass is 9.96. The van der Waals surface area contributed by atoms with Gasteiger partial charge in [-0.05, 0) is 72.7 Å². The lowest BCUT2D eigenvalue weighted by Crippen LogP contribution is -2.31. The van der Waals surface area contributed by atoms with Crippen molar-refractivity contribution in [3.05, 3.63) is 94.5 Å². The Bertz CT molecular complexity index is 1260. The highest BCUT2D eigenvalue weighted by Gasteiger charge is 2.22. The van der Waals surface area contributed by atoms with Gasteiger partial charge in [-0.3, -0.25) is 9.10 Å². The molecule has 0 fully saturated rings. The number of methoxy groups -OCH3 is 1. The van der Waals surface area contributed by atoms with Crippen LogP contribution in [-0.4, -0.2) is 27.7 Å². The average molecular weight is 509 g/mol. The topological polar surface area (TPSA) is 75.7 Å². The van der Waals surface area contributed by atoms with Crippen molar-refractivity contribution >= 4 is 21.6 Å². The first kappa shape index (κ1) is 27.3. The minimum Gasteiger partial charge on any atom is -0.497 e. The molecule has 0 spiro atoms. The number of nitrogens with one attached hydrogen (secondary N) is 1. The van der Waals surface area contributed by atoms with E-state index >= 15 is 0 Å². The van der Waals surface area contributed by atoms with Crippen LogP contribution in [0.2, 0.25) is 0 Å². The molecule has 0 aromatic heterocycles. The number of carbonyl (C=O) groups is 1. The molecule has 0 radical (unpaired) electrons. The Kier molecular flexibility index (Phi) is 8.79. The van der Waals surface area contributed by atoms with E-state index in [-0.39, 0.29) is 18.5 Å². The molecule has 36 heavy (non-hydrogen) atoms. The van der Waals surface area contributed by atoms with Gasteiger partial charge in [-0.2, -0.15) is 0 Å². The van der Waals surface area contributed by atoms with E-state index in [1.165, 1.54) is 10.6 Å². The molecule has 0 aliphatic carbocycles. The monoisotopic (exact) mass is 508 g/mol. The third-order valence-corrected chi connectivity index (χ3v) is 7.27. The van der Waals surface area contributed by atoms with Crippen molar-refractivity contribution in [2.24, 2.45) is 5.92 Å². The maximum absolute atomic E-state index is 13.1. The normalized spacial score (nSPS) is 12.3. The number of amides is 1. The molecule has 3 rings (SSSR count). The first-order chi connectivity index (χ1) is 17.0. The number of ether oxygens (including phenoxy) is 1. The molecule has 3 aromatic carbocycles. The van der Waals surface area contributed by atoms with Gasteiger partial charge in [0.15, 0.2) is 0 Å². The number of benzene rings is 3. The number of sulfonamides is 1. The van der Waals surface area contributed by atoms with Crippen LogP contribution in [-0.2, 0) is 16.6 Å². The summed E-state index contributed by atoms with van der Waals surface area (Å²) in [5.41, 5.74) is 4.83. The second kappa shape index (κ2) is 11.6. The zero-order valence-electron chi connectivity index (χ0n) is 21.9. The molecule has 192 valence electrons. The van der Waals surface area contributed by atoms with Crippen molar-refractivity contribution in [3.8, 4) is 5.75 Å². The molecule has 0 saturated carbocycles. The Morgan fingerprint density at radius 2 is 1.53 bits per heavy atom. The number of para-hydroxylation sites is 1. The Balaban J connectivity index is 1.79. The standard InChI is InChI=1S/C29H36N2O4S/c1-20(2)18-27(24-14-16-26(35-5)17-15-24)30-29(32)25-12-10-23(11-13-25)19-31(36(6,33)34)28-21(3)8-7-9-22(28)4/h7-17,20,27H,18-19H2,1-6H3,(H,30,32). The summed E-state index contributed by atoms with van der Waals surface area (Å²) in [6, 6.07) is 20.5. The van der Waals surface area contributed by atoms with Gasteiger partial charge in [0, 0.05) is 5.56 Å². The molecular weight excluding hydrogens is 472 g/mol. The second-order valence-electron chi connectivity index (χ2n) is 9.64. The van der Waals surface area contributed by atoms with E-state index in [1.54, 1.807) is 19.2 Å². The van der Waals surface area contributed by atoms with E-state index in [0.717, 1.165) is 34.4 Å². The van der Waals surface area contributed by atoms with Gasteiger partial charge in [-0.1, -0.05) is 56.3 Å². The molecule has 7 heteroatoms. The number of aryl methyl sites for hydroxylation is 2. The van der Waals surface area contributed by atoms with Crippen LogP contribution in [0.3, 0.4) is 0 Å². The van der Waals surface area contributed by atoms with Gasteiger partial charge in [-0.15, -0.1) is 0 Å². The molecule has 1 unspecified atom stereocenters. The van der Waals surface area contributed by atoms with Crippen LogP contribution in [0.1, 0.15) is 58.9 Å². The number of hydrogen-bond acceptors (Lipinski definition) is 4. The lowest BCUT2D eigenvalue weighted by Gasteiger charge is -2.26.